The Morgan fingerprint density at radius 1 is 1.29 bits per heavy atom. The van der Waals surface area contributed by atoms with Gasteiger partial charge >= 0.3 is 0 Å². The van der Waals surface area contributed by atoms with Gasteiger partial charge in [0.2, 0.25) is 10.0 Å². The molecule has 0 unspecified atom stereocenters. The van der Waals surface area contributed by atoms with Crippen LogP contribution >= 0.6 is 0 Å². The molecule has 2 N–H and O–H groups in total. The standard InChI is InChI=1S/C12H23NO3S/c1-2-3-6-17(15,16)13-12-10-5-4-9(7-10)11(12)8-14/h9-14H,2-8H2,1H3/t9-,10+,11-,12-/m0/s1. The Bertz CT molecular complexity index is 355. The van der Waals surface area contributed by atoms with E-state index in [4.69, 9.17) is 0 Å². The summed E-state index contributed by atoms with van der Waals surface area (Å²) in [4.78, 5) is 0. The van der Waals surface area contributed by atoms with Crippen LogP contribution in [-0.2, 0) is 10.0 Å². The molecule has 0 spiro atoms. The SMILES string of the molecule is CCCCS(=O)(=O)N[C@H]1[C@@H]2CC[C@@H](C2)[C@@H]1CO. The predicted octanol–water partition coefficient (Wildman–Crippen LogP) is 1.11. The molecule has 0 saturated heterocycles. The highest BCUT2D eigenvalue weighted by molar-refractivity contribution is 7.89. The third-order valence-corrected chi connectivity index (χ3v) is 5.84. The van der Waals surface area contributed by atoms with Gasteiger partial charge in [-0.3, -0.25) is 0 Å². The zero-order valence-electron chi connectivity index (χ0n) is 10.4. The molecule has 0 aromatic heterocycles. The van der Waals surface area contributed by atoms with Gasteiger partial charge in [-0.2, -0.15) is 0 Å². The zero-order chi connectivity index (χ0) is 12.5. The number of hydrogen-bond acceptors (Lipinski definition) is 3. The van der Waals surface area contributed by atoms with E-state index in [9.17, 15) is 13.5 Å². The molecule has 5 heteroatoms. The van der Waals surface area contributed by atoms with E-state index in [2.05, 4.69) is 4.72 Å². The van der Waals surface area contributed by atoms with Gasteiger partial charge < -0.3 is 5.11 Å². The Hall–Kier alpha value is -0.130. The minimum atomic E-state index is -3.15. The average Bonchev–Trinajstić information content (AvgIpc) is 2.86. The minimum absolute atomic E-state index is 0.0133. The quantitative estimate of drug-likeness (QED) is 0.753. The number of aliphatic hydroxyl groups excluding tert-OH is 1. The van der Waals surface area contributed by atoms with Crippen molar-refractivity contribution in [1.82, 2.24) is 4.72 Å². The smallest absolute Gasteiger partial charge is 0.211 e. The van der Waals surface area contributed by atoms with Gasteiger partial charge in [-0.1, -0.05) is 13.3 Å². The number of aliphatic hydroxyl groups is 1. The maximum atomic E-state index is 11.9. The first-order chi connectivity index (χ1) is 8.07. The van der Waals surface area contributed by atoms with Crippen molar-refractivity contribution in [2.45, 2.75) is 45.1 Å². The molecule has 0 radical (unpaired) electrons. The fraction of sp³-hybridized carbons (Fsp3) is 1.00. The zero-order valence-corrected chi connectivity index (χ0v) is 11.2. The fourth-order valence-electron chi connectivity index (χ4n) is 3.46. The maximum Gasteiger partial charge on any atom is 0.211 e. The topological polar surface area (TPSA) is 66.4 Å². The Labute approximate surface area is 104 Å². The van der Waals surface area contributed by atoms with Gasteiger partial charge in [0.05, 0.1) is 5.75 Å². The molecule has 17 heavy (non-hydrogen) atoms. The summed E-state index contributed by atoms with van der Waals surface area (Å²) in [6.07, 6.45) is 4.96. The first kappa shape index (κ1) is 13.3. The van der Waals surface area contributed by atoms with E-state index >= 15 is 0 Å². The van der Waals surface area contributed by atoms with Gasteiger partial charge in [0.1, 0.15) is 0 Å². The van der Waals surface area contributed by atoms with E-state index in [-0.39, 0.29) is 24.3 Å². The van der Waals surface area contributed by atoms with Crippen LogP contribution in [0.1, 0.15) is 39.0 Å². The molecule has 0 aliphatic heterocycles. The highest BCUT2D eigenvalue weighted by atomic mass is 32.2. The lowest BCUT2D eigenvalue weighted by atomic mass is 9.86. The van der Waals surface area contributed by atoms with E-state index in [0.29, 0.717) is 18.3 Å². The maximum absolute atomic E-state index is 11.9. The molecule has 4 nitrogen and oxygen atoms in total. The minimum Gasteiger partial charge on any atom is -0.396 e. The van der Waals surface area contributed by atoms with Gasteiger partial charge in [-0.25, -0.2) is 13.1 Å². The number of rotatable bonds is 6. The van der Waals surface area contributed by atoms with E-state index in [1.807, 2.05) is 6.92 Å². The molecule has 2 rings (SSSR count). The second-order valence-corrected chi connectivity index (χ2v) is 7.37. The Morgan fingerprint density at radius 3 is 2.65 bits per heavy atom. The van der Waals surface area contributed by atoms with E-state index in [1.54, 1.807) is 0 Å². The van der Waals surface area contributed by atoms with Gasteiger partial charge in [-0.05, 0) is 37.5 Å². The van der Waals surface area contributed by atoms with Crippen LogP contribution in [0, 0.1) is 17.8 Å². The number of fused-ring (bicyclic) bond motifs is 2. The molecule has 0 aromatic rings. The van der Waals surface area contributed by atoms with Gasteiger partial charge in [0.15, 0.2) is 0 Å². The summed E-state index contributed by atoms with van der Waals surface area (Å²) in [6, 6.07) is -0.0133. The molecule has 0 aromatic carbocycles. The van der Waals surface area contributed by atoms with Crippen LogP contribution in [0.25, 0.3) is 0 Å². The van der Waals surface area contributed by atoms with Gasteiger partial charge in [0, 0.05) is 18.6 Å². The van der Waals surface area contributed by atoms with Crippen molar-refractivity contribution in [2.24, 2.45) is 17.8 Å². The van der Waals surface area contributed by atoms with Crippen molar-refractivity contribution < 1.29 is 13.5 Å². The van der Waals surface area contributed by atoms with Crippen molar-refractivity contribution in [3.05, 3.63) is 0 Å². The van der Waals surface area contributed by atoms with Crippen LogP contribution in [0.4, 0.5) is 0 Å². The summed E-state index contributed by atoms with van der Waals surface area (Å²) in [5.41, 5.74) is 0. The van der Waals surface area contributed by atoms with Gasteiger partial charge in [0.25, 0.3) is 0 Å². The molecule has 0 amide bonds. The molecule has 2 fully saturated rings. The number of unbranched alkanes of at least 4 members (excludes halogenated alkanes) is 1. The summed E-state index contributed by atoms with van der Waals surface area (Å²) in [5.74, 6) is 1.35. The van der Waals surface area contributed by atoms with Crippen LogP contribution in [0.5, 0.6) is 0 Å². The summed E-state index contributed by atoms with van der Waals surface area (Å²) in [6.45, 7) is 2.10. The third-order valence-electron chi connectivity index (χ3n) is 4.38. The monoisotopic (exact) mass is 261 g/mol. The highest BCUT2D eigenvalue weighted by Crippen LogP contribution is 2.48. The van der Waals surface area contributed by atoms with Crippen LogP contribution in [-0.4, -0.2) is 31.9 Å². The lowest BCUT2D eigenvalue weighted by Crippen LogP contribution is -2.45. The highest BCUT2D eigenvalue weighted by Gasteiger charge is 2.48. The molecule has 2 bridgehead atoms. The first-order valence-corrected chi connectivity index (χ1v) is 8.33. The summed E-state index contributed by atoms with van der Waals surface area (Å²) in [7, 11) is -3.15. The summed E-state index contributed by atoms with van der Waals surface area (Å²) >= 11 is 0. The molecule has 2 aliphatic carbocycles. The normalized spacial score (nSPS) is 36.6. The second-order valence-electron chi connectivity index (χ2n) is 5.50. The molecular formula is C12H23NO3S. The predicted molar refractivity (Wildman–Crippen MR) is 67.0 cm³/mol. The van der Waals surface area contributed by atoms with Gasteiger partial charge in [-0.15, -0.1) is 0 Å². The second kappa shape index (κ2) is 5.24. The molecule has 0 heterocycles. The Balaban J connectivity index is 1.98. The molecule has 2 aliphatic rings. The van der Waals surface area contributed by atoms with Crippen LogP contribution in [0.2, 0.25) is 0 Å². The van der Waals surface area contributed by atoms with E-state index in [1.165, 1.54) is 0 Å². The van der Waals surface area contributed by atoms with E-state index < -0.39 is 10.0 Å². The third kappa shape index (κ3) is 2.83. The van der Waals surface area contributed by atoms with Crippen molar-refractivity contribution in [3.63, 3.8) is 0 Å². The molecule has 100 valence electrons. The number of sulfonamides is 1. The van der Waals surface area contributed by atoms with Crippen LogP contribution < -0.4 is 4.72 Å². The first-order valence-electron chi connectivity index (χ1n) is 6.68. The fourth-order valence-corrected chi connectivity index (χ4v) is 5.03. The molecular weight excluding hydrogens is 238 g/mol. The van der Waals surface area contributed by atoms with Crippen molar-refractivity contribution in [3.8, 4) is 0 Å². The van der Waals surface area contributed by atoms with Crippen molar-refractivity contribution in [1.29, 1.82) is 0 Å². The van der Waals surface area contributed by atoms with Crippen LogP contribution in [0.3, 0.4) is 0 Å². The lowest BCUT2D eigenvalue weighted by Gasteiger charge is -2.30. The summed E-state index contributed by atoms with van der Waals surface area (Å²) in [5, 5.41) is 9.40. The van der Waals surface area contributed by atoms with Crippen molar-refractivity contribution in [2.75, 3.05) is 12.4 Å². The molecule has 2 saturated carbocycles. The lowest BCUT2D eigenvalue weighted by molar-refractivity contribution is 0.153. The average molecular weight is 261 g/mol. The Kier molecular flexibility index (Phi) is 4.10. The molecule has 4 atom stereocenters. The van der Waals surface area contributed by atoms with E-state index in [0.717, 1.165) is 25.7 Å². The van der Waals surface area contributed by atoms with Crippen LogP contribution in [0.15, 0.2) is 0 Å². The summed E-state index contributed by atoms with van der Waals surface area (Å²) < 4.78 is 26.6. The van der Waals surface area contributed by atoms with Crippen molar-refractivity contribution >= 4 is 10.0 Å². The number of hydrogen-bond donors (Lipinski definition) is 2. The Morgan fingerprint density at radius 2 is 2.00 bits per heavy atom. The largest absolute Gasteiger partial charge is 0.396 e. The number of nitrogens with one attached hydrogen (secondary N) is 1.